The van der Waals surface area contributed by atoms with Gasteiger partial charge in [0.2, 0.25) is 0 Å². The van der Waals surface area contributed by atoms with Crippen LogP contribution >= 0.6 is 11.6 Å². The minimum absolute atomic E-state index is 0.120. The third kappa shape index (κ3) is 2.76. The van der Waals surface area contributed by atoms with Gasteiger partial charge in [-0.05, 0) is 38.0 Å². The molecule has 1 aromatic carbocycles. The number of hydrogen-bond donors (Lipinski definition) is 2. The number of anilines is 1. The molecule has 98 valence electrons. The normalized spacial score (nSPS) is 18.7. The van der Waals surface area contributed by atoms with Crippen LogP contribution in [-0.4, -0.2) is 34.6 Å². The second-order valence-electron chi connectivity index (χ2n) is 5.02. The Morgan fingerprint density at radius 2 is 2.06 bits per heavy atom. The van der Waals surface area contributed by atoms with Gasteiger partial charge in [0.05, 0.1) is 11.2 Å². The summed E-state index contributed by atoms with van der Waals surface area (Å²) >= 11 is 5.88. The molecule has 0 aromatic heterocycles. The van der Waals surface area contributed by atoms with Crippen LogP contribution < -0.4 is 5.73 Å². The largest absolute Gasteiger partial charge is 0.398 e. The molecule has 2 rings (SSSR count). The van der Waals surface area contributed by atoms with Crippen LogP contribution in [0.2, 0.25) is 5.02 Å². The summed E-state index contributed by atoms with van der Waals surface area (Å²) in [6, 6.07) is 4.89. The van der Waals surface area contributed by atoms with Gasteiger partial charge in [-0.15, -0.1) is 0 Å². The first kappa shape index (κ1) is 13.2. The molecule has 1 aliphatic rings. The van der Waals surface area contributed by atoms with Gasteiger partial charge in [-0.25, -0.2) is 0 Å². The molecule has 0 unspecified atom stereocenters. The van der Waals surface area contributed by atoms with Crippen LogP contribution in [0.1, 0.15) is 30.1 Å². The molecule has 0 bridgehead atoms. The smallest absolute Gasteiger partial charge is 0.255 e. The fourth-order valence-corrected chi connectivity index (χ4v) is 2.25. The van der Waals surface area contributed by atoms with Crippen molar-refractivity contribution in [2.45, 2.75) is 25.4 Å². The molecule has 1 saturated heterocycles. The topological polar surface area (TPSA) is 66.6 Å². The minimum atomic E-state index is -0.670. The molecule has 1 aromatic rings. The third-order valence-corrected chi connectivity index (χ3v) is 3.61. The van der Waals surface area contributed by atoms with E-state index in [9.17, 15) is 9.90 Å². The van der Waals surface area contributed by atoms with Gasteiger partial charge < -0.3 is 15.7 Å². The number of nitrogen functional groups attached to an aromatic ring is 1. The fourth-order valence-electron chi connectivity index (χ4n) is 2.08. The van der Waals surface area contributed by atoms with Gasteiger partial charge in [0.1, 0.15) is 0 Å². The maximum absolute atomic E-state index is 12.3. The van der Waals surface area contributed by atoms with Crippen LogP contribution in [0.15, 0.2) is 18.2 Å². The SMILES string of the molecule is CC1(O)CCN(C(=O)c2cc(Cl)ccc2N)CC1. The Kier molecular flexibility index (Phi) is 3.50. The number of carbonyl (C=O) groups is 1. The van der Waals surface area contributed by atoms with Gasteiger partial charge >= 0.3 is 0 Å². The molecule has 3 N–H and O–H groups in total. The average molecular weight is 269 g/mol. The van der Waals surface area contributed by atoms with Crippen LogP contribution in [0.25, 0.3) is 0 Å². The average Bonchev–Trinajstić information content (AvgIpc) is 2.31. The zero-order valence-corrected chi connectivity index (χ0v) is 11.1. The summed E-state index contributed by atoms with van der Waals surface area (Å²) in [5.41, 5.74) is 5.99. The first-order valence-corrected chi connectivity index (χ1v) is 6.33. The molecule has 0 saturated carbocycles. The maximum atomic E-state index is 12.3. The molecular weight excluding hydrogens is 252 g/mol. The number of benzene rings is 1. The van der Waals surface area contributed by atoms with Gasteiger partial charge in [-0.3, -0.25) is 4.79 Å². The van der Waals surface area contributed by atoms with Gasteiger partial charge in [0.25, 0.3) is 5.91 Å². The summed E-state index contributed by atoms with van der Waals surface area (Å²) in [7, 11) is 0. The lowest BCUT2D eigenvalue weighted by atomic mass is 9.93. The maximum Gasteiger partial charge on any atom is 0.255 e. The highest BCUT2D eigenvalue weighted by atomic mass is 35.5. The Bertz CT molecular complexity index is 464. The van der Waals surface area contributed by atoms with Crippen LogP contribution in [0.5, 0.6) is 0 Å². The van der Waals surface area contributed by atoms with Crippen LogP contribution in [0, 0.1) is 0 Å². The van der Waals surface area contributed by atoms with E-state index in [1.165, 1.54) is 0 Å². The van der Waals surface area contributed by atoms with Gasteiger partial charge in [0.15, 0.2) is 0 Å². The number of amides is 1. The van der Waals surface area contributed by atoms with E-state index in [4.69, 9.17) is 17.3 Å². The lowest BCUT2D eigenvalue weighted by Gasteiger charge is -2.36. The van der Waals surface area contributed by atoms with Crippen molar-refractivity contribution in [3.8, 4) is 0 Å². The molecule has 1 fully saturated rings. The highest BCUT2D eigenvalue weighted by molar-refractivity contribution is 6.31. The summed E-state index contributed by atoms with van der Waals surface area (Å²) in [5, 5.41) is 10.4. The quantitative estimate of drug-likeness (QED) is 0.765. The van der Waals surface area contributed by atoms with E-state index in [1.807, 2.05) is 0 Å². The molecule has 1 heterocycles. The van der Waals surface area contributed by atoms with Crippen molar-refractivity contribution in [2.75, 3.05) is 18.8 Å². The molecule has 1 amide bonds. The van der Waals surface area contributed by atoms with Gasteiger partial charge in [0, 0.05) is 23.8 Å². The number of likely N-dealkylation sites (tertiary alicyclic amines) is 1. The number of rotatable bonds is 1. The van der Waals surface area contributed by atoms with E-state index < -0.39 is 5.60 Å². The Balaban J connectivity index is 2.15. The fraction of sp³-hybridized carbons (Fsp3) is 0.462. The summed E-state index contributed by atoms with van der Waals surface area (Å²) in [6.07, 6.45) is 1.17. The highest BCUT2D eigenvalue weighted by Gasteiger charge is 2.30. The Hall–Kier alpha value is -1.26. The molecule has 0 atom stereocenters. The predicted molar refractivity (Wildman–Crippen MR) is 71.6 cm³/mol. The zero-order valence-electron chi connectivity index (χ0n) is 10.3. The first-order valence-electron chi connectivity index (χ1n) is 5.96. The number of carbonyl (C=O) groups excluding carboxylic acids is 1. The van der Waals surface area contributed by atoms with Crippen molar-refractivity contribution in [1.82, 2.24) is 4.90 Å². The highest BCUT2D eigenvalue weighted by Crippen LogP contribution is 2.25. The van der Waals surface area contributed by atoms with E-state index in [0.29, 0.717) is 42.2 Å². The van der Waals surface area contributed by atoms with Crippen molar-refractivity contribution >= 4 is 23.2 Å². The summed E-state index contributed by atoms with van der Waals surface area (Å²) in [6.45, 7) is 2.87. The van der Waals surface area contributed by atoms with E-state index in [0.717, 1.165) is 0 Å². The molecule has 0 aliphatic carbocycles. The van der Waals surface area contributed by atoms with Crippen molar-refractivity contribution in [3.63, 3.8) is 0 Å². The molecule has 5 heteroatoms. The van der Waals surface area contributed by atoms with Gasteiger partial charge in [-0.1, -0.05) is 11.6 Å². The molecule has 0 spiro atoms. The number of nitrogens with two attached hydrogens (primary N) is 1. The monoisotopic (exact) mass is 268 g/mol. The van der Waals surface area contributed by atoms with E-state index >= 15 is 0 Å². The number of nitrogens with zero attached hydrogens (tertiary/aromatic N) is 1. The molecule has 0 radical (unpaired) electrons. The van der Waals surface area contributed by atoms with Crippen molar-refractivity contribution < 1.29 is 9.90 Å². The summed E-state index contributed by atoms with van der Waals surface area (Å²) in [5.74, 6) is -0.120. The number of aliphatic hydroxyl groups is 1. The Morgan fingerprint density at radius 3 is 2.67 bits per heavy atom. The van der Waals surface area contributed by atoms with E-state index in [1.54, 1.807) is 30.0 Å². The molecule has 1 aliphatic heterocycles. The second kappa shape index (κ2) is 4.78. The van der Waals surface area contributed by atoms with Crippen LogP contribution in [0.4, 0.5) is 5.69 Å². The Morgan fingerprint density at radius 1 is 1.44 bits per heavy atom. The van der Waals surface area contributed by atoms with Crippen molar-refractivity contribution in [3.05, 3.63) is 28.8 Å². The second-order valence-corrected chi connectivity index (χ2v) is 5.46. The lowest BCUT2D eigenvalue weighted by molar-refractivity contribution is -0.00198. The minimum Gasteiger partial charge on any atom is -0.398 e. The lowest BCUT2D eigenvalue weighted by Crippen LogP contribution is -2.45. The zero-order chi connectivity index (χ0) is 13.3. The molecule has 4 nitrogen and oxygen atoms in total. The summed E-state index contributed by atoms with van der Waals surface area (Å²) in [4.78, 5) is 14.0. The van der Waals surface area contributed by atoms with Crippen molar-refractivity contribution in [1.29, 1.82) is 0 Å². The number of piperidine rings is 1. The number of halogens is 1. The van der Waals surface area contributed by atoms with Gasteiger partial charge in [-0.2, -0.15) is 0 Å². The Labute approximate surface area is 111 Å². The first-order chi connectivity index (χ1) is 8.39. The number of hydrogen-bond acceptors (Lipinski definition) is 3. The third-order valence-electron chi connectivity index (χ3n) is 3.37. The van der Waals surface area contributed by atoms with E-state index in [-0.39, 0.29) is 5.91 Å². The molecular formula is C13H17ClN2O2. The van der Waals surface area contributed by atoms with Crippen LogP contribution in [0.3, 0.4) is 0 Å². The van der Waals surface area contributed by atoms with Crippen molar-refractivity contribution in [2.24, 2.45) is 0 Å². The summed E-state index contributed by atoms with van der Waals surface area (Å²) < 4.78 is 0. The van der Waals surface area contributed by atoms with E-state index in [2.05, 4.69) is 0 Å². The van der Waals surface area contributed by atoms with Crippen LogP contribution in [-0.2, 0) is 0 Å². The predicted octanol–water partition coefficient (Wildman–Crippen LogP) is 1.91. The standard InChI is InChI=1S/C13H17ClN2O2/c1-13(18)4-6-16(7-5-13)12(17)10-8-9(14)2-3-11(10)15/h2-3,8,18H,4-7,15H2,1H3. The molecule has 18 heavy (non-hydrogen) atoms.